The van der Waals surface area contributed by atoms with E-state index in [0.717, 1.165) is 11.3 Å². The number of halogens is 1. The number of aromatic nitrogens is 2. The van der Waals surface area contributed by atoms with E-state index in [1.165, 1.54) is 10.9 Å². The van der Waals surface area contributed by atoms with Crippen molar-refractivity contribution in [3.05, 3.63) is 51.4 Å². The maximum Gasteiger partial charge on any atom is 0.289 e. The van der Waals surface area contributed by atoms with Gasteiger partial charge in [0.15, 0.2) is 10.8 Å². The highest BCUT2D eigenvalue weighted by molar-refractivity contribution is 6.31. The van der Waals surface area contributed by atoms with Crippen LogP contribution in [0.5, 0.6) is 11.5 Å². The Morgan fingerprint density at radius 2 is 1.73 bits per heavy atom. The molecule has 26 heavy (non-hydrogen) atoms. The van der Waals surface area contributed by atoms with Crippen molar-refractivity contribution >= 4 is 11.6 Å². The molecular formula is C19H25ClN2O4. The van der Waals surface area contributed by atoms with Gasteiger partial charge in [-0.2, -0.15) is 5.10 Å². The van der Waals surface area contributed by atoms with Gasteiger partial charge in [-0.25, -0.2) is 4.68 Å². The number of nitrogens with zero attached hydrogens (tertiary/aromatic N) is 2. The lowest BCUT2D eigenvalue weighted by atomic mass is 10.0. The van der Waals surface area contributed by atoms with Crippen molar-refractivity contribution in [3.63, 3.8) is 0 Å². The average Bonchev–Trinajstić information content (AvgIpc) is 2.61. The van der Waals surface area contributed by atoms with Gasteiger partial charge in [0.1, 0.15) is 25.1 Å². The van der Waals surface area contributed by atoms with Crippen LogP contribution in [0, 0.1) is 0 Å². The van der Waals surface area contributed by atoms with Crippen LogP contribution < -0.4 is 15.0 Å². The molecule has 1 heterocycles. The number of aliphatic hydroxyl groups is 1. The van der Waals surface area contributed by atoms with Crippen molar-refractivity contribution in [2.45, 2.75) is 45.8 Å². The van der Waals surface area contributed by atoms with Crippen LogP contribution in [0.3, 0.4) is 0 Å². The van der Waals surface area contributed by atoms with Gasteiger partial charge in [0.25, 0.3) is 5.56 Å². The fourth-order valence-electron chi connectivity index (χ4n) is 2.41. The molecule has 0 aliphatic rings. The van der Waals surface area contributed by atoms with Gasteiger partial charge in [-0.15, -0.1) is 0 Å². The minimum Gasteiger partial charge on any atom is -0.490 e. The Morgan fingerprint density at radius 1 is 1.12 bits per heavy atom. The van der Waals surface area contributed by atoms with Crippen LogP contribution >= 0.6 is 11.6 Å². The summed E-state index contributed by atoms with van der Waals surface area (Å²) in [5, 5.41) is 14.1. The van der Waals surface area contributed by atoms with E-state index < -0.39 is 11.7 Å². The van der Waals surface area contributed by atoms with E-state index in [2.05, 4.69) is 18.9 Å². The van der Waals surface area contributed by atoms with Gasteiger partial charge in [0.05, 0.1) is 12.2 Å². The summed E-state index contributed by atoms with van der Waals surface area (Å²) >= 11 is 6.04. The normalized spacial score (nSPS) is 12.5. The first kappa shape index (κ1) is 20.3. The van der Waals surface area contributed by atoms with Crippen molar-refractivity contribution in [3.8, 4) is 11.5 Å². The second-order valence-corrected chi connectivity index (χ2v) is 7.01. The largest absolute Gasteiger partial charge is 0.490 e. The molecule has 2 aromatic rings. The second-order valence-electron chi connectivity index (χ2n) is 6.63. The van der Waals surface area contributed by atoms with Crippen molar-refractivity contribution in [1.82, 2.24) is 9.78 Å². The second kappa shape index (κ2) is 9.05. The zero-order valence-corrected chi connectivity index (χ0v) is 16.2. The Labute approximate surface area is 158 Å². The maximum atomic E-state index is 12.1. The number of rotatable bonds is 8. The third kappa shape index (κ3) is 4.99. The van der Waals surface area contributed by atoms with Gasteiger partial charge in [-0.1, -0.05) is 43.6 Å². The molecule has 1 unspecified atom stereocenters. The predicted octanol–water partition coefficient (Wildman–Crippen LogP) is 3.42. The zero-order valence-electron chi connectivity index (χ0n) is 15.5. The fraction of sp³-hybridized carbons (Fsp3) is 0.474. The van der Waals surface area contributed by atoms with Crippen molar-refractivity contribution in [1.29, 1.82) is 0 Å². The topological polar surface area (TPSA) is 73.6 Å². The molecule has 1 aromatic carbocycles. The van der Waals surface area contributed by atoms with Crippen LogP contribution in [-0.4, -0.2) is 34.2 Å². The van der Waals surface area contributed by atoms with E-state index in [4.69, 9.17) is 21.1 Å². The third-order valence-electron chi connectivity index (χ3n) is 3.80. The lowest BCUT2D eigenvalue weighted by Crippen LogP contribution is -2.28. The standard InChI is InChI=1S/C19H25ClN2O4/c1-12(2)15-7-5-6-8-16(15)25-10-14(23)11-26-17-9-21-22(13(3)4)19(24)18(17)20/h5-9,12-14,23H,10-11H2,1-4H3. The van der Waals surface area contributed by atoms with E-state index in [-0.39, 0.29) is 30.0 Å². The summed E-state index contributed by atoms with van der Waals surface area (Å²) in [4.78, 5) is 12.1. The Bertz CT molecular complexity index is 789. The number of para-hydroxylation sites is 1. The van der Waals surface area contributed by atoms with Gasteiger partial charge in [-0.05, 0) is 31.4 Å². The van der Waals surface area contributed by atoms with Crippen molar-refractivity contribution < 1.29 is 14.6 Å². The van der Waals surface area contributed by atoms with Crippen LogP contribution in [0.2, 0.25) is 5.02 Å². The highest BCUT2D eigenvalue weighted by atomic mass is 35.5. The molecular weight excluding hydrogens is 356 g/mol. The fourth-order valence-corrected chi connectivity index (χ4v) is 2.60. The van der Waals surface area contributed by atoms with E-state index in [1.807, 2.05) is 38.1 Å². The zero-order chi connectivity index (χ0) is 19.3. The minimum atomic E-state index is -0.876. The first-order valence-electron chi connectivity index (χ1n) is 8.61. The highest BCUT2D eigenvalue weighted by Crippen LogP contribution is 2.26. The molecule has 0 saturated heterocycles. The quantitative estimate of drug-likeness (QED) is 0.759. The Hall–Kier alpha value is -2.05. The summed E-state index contributed by atoms with van der Waals surface area (Å²) in [6.07, 6.45) is 0.504. The van der Waals surface area contributed by atoms with E-state index in [9.17, 15) is 9.90 Å². The Balaban J connectivity index is 1.95. The molecule has 0 saturated carbocycles. The molecule has 1 N–H and O–H groups in total. The van der Waals surface area contributed by atoms with Crippen LogP contribution in [-0.2, 0) is 0 Å². The van der Waals surface area contributed by atoms with Crippen molar-refractivity contribution in [2.24, 2.45) is 0 Å². The van der Waals surface area contributed by atoms with Crippen LogP contribution in [0.1, 0.15) is 45.2 Å². The lowest BCUT2D eigenvalue weighted by molar-refractivity contribution is 0.0619. The van der Waals surface area contributed by atoms with Crippen LogP contribution in [0.4, 0.5) is 0 Å². The lowest BCUT2D eigenvalue weighted by Gasteiger charge is -2.17. The molecule has 0 aliphatic heterocycles. The summed E-state index contributed by atoms with van der Waals surface area (Å²) in [6.45, 7) is 7.84. The van der Waals surface area contributed by atoms with E-state index in [0.29, 0.717) is 5.92 Å². The first-order chi connectivity index (χ1) is 12.3. The SMILES string of the molecule is CC(C)c1ccccc1OCC(O)COc1cnn(C(C)C)c(=O)c1Cl. The van der Waals surface area contributed by atoms with E-state index in [1.54, 1.807) is 0 Å². The monoisotopic (exact) mass is 380 g/mol. The van der Waals surface area contributed by atoms with Gasteiger partial charge >= 0.3 is 0 Å². The number of benzene rings is 1. The van der Waals surface area contributed by atoms with Crippen molar-refractivity contribution in [2.75, 3.05) is 13.2 Å². The van der Waals surface area contributed by atoms with E-state index >= 15 is 0 Å². The molecule has 7 heteroatoms. The Morgan fingerprint density at radius 3 is 2.35 bits per heavy atom. The Kier molecular flexibility index (Phi) is 7.06. The molecule has 0 amide bonds. The summed E-state index contributed by atoms with van der Waals surface area (Å²) in [7, 11) is 0. The molecule has 0 aliphatic carbocycles. The summed E-state index contributed by atoms with van der Waals surface area (Å²) in [5.74, 6) is 1.20. The maximum absolute atomic E-state index is 12.1. The molecule has 0 fully saturated rings. The van der Waals surface area contributed by atoms with Gasteiger partial charge in [0.2, 0.25) is 0 Å². The number of aliphatic hydroxyl groups excluding tert-OH is 1. The van der Waals surface area contributed by atoms with Gasteiger partial charge in [-0.3, -0.25) is 4.79 Å². The molecule has 0 bridgehead atoms. The summed E-state index contributed by atoms with van der Waals surface area (Å²) in [6, 6.07) is 7.61. The van der Waals surface area contributed by atoms with Crippen LogP contribution in [0.25, 0.3) is 0 Å². The molecule has 6 nitrogen and oxygen atoms in total. The first-order valence-corrected chi connectivity index (χ1v) is 8.99. The van der Waals surface area contributed by atoms with Gasteiger partial charge < -0.3 is 14.6 Å². The molecule has 2 rings (SSSR count). The highest BCUT2D eigenvalue weighted by Gasteiger charge is 2.15. The summed E-state index contributed by atoms with van der Waals surface area (Å²) < 4.78 is 12.4. The number of ether oxygens (including phenoxy) is 2. The molecule has 1 aromatic heterocycles. The predicted molar refractivity (Wildman–Crippen MR) is 101 cm³/mol. The van der Waals surface area contributed by atoms with Gasteiger partial charge in [0, 0.05) is 0 Å². The molecule has 0 radical (unpaired) electrons. The summed E-state index contributed by atoms with van der Waals surface area (Å²) in [5.41, 5.74) is 0.654. The third-order valence-corrected chi connectivity index (χ3v) is 4.15. The molecule has 1 atom stereocenters. The molecule has 0 spiro atoms. The average molecular weight is 381 g/mol. The van der Waals surface area contributed by atoms with Crippen LogP contribution in [0.15, 0.2) is 35.3 Å². The number of hydrogen-bond donors (Lipinski definition) is 1. The number of hydrogen-bond acceptors (Lipinski definition) is 5. The smallest absolute Gasteiger partial charge is 0.289 e. The minimum absolute atomic E-state index is 0.0491. The molecule has 142 valence electrons.